The lowest BCUT2D eigenvalue weighted by molar-refractivity contribution is -0.136. The number of carbonyl (C=O) groups excluding carboxylic acids is 3. The number of aromatic nitrogens is 1. The maximum atomic E-state index is 12.8. The van der Waals surface area contributed by atoms with Crippen LogP contribution in [0.15, 0.2) is 60.4 Å². The molecule has 0 aliphatic carbocycles. The van der Waals surface area contributed by atoms with Gasteiger partial charge in [-0.3, -0.25) is 19.8 Å². The fourth-order valence-electron chi connectivity index (χ4n) is 1.90. The van der Waals surface area contributed by atoms with Crippen LogP contribution in [0.4, 0.5) is 10.2 Å². The molecule has 140 valence electrons. The Morgan fingerprint density at radius 2 is 1.78 bits per heavy atom. The molecule has 1 heterocycles. The molecule has 4 N–H and O–H groups in total. The maximum Gasteiger partial charge on any atom is 0.327 e. The number of allylic oxidation sites excluding steroid dienone is 1. The first-order valence-corrected chi connectivity index (χ1v) is 7.93. The molecule has 3 amide bonds. The molecule has 1 aromatic heterocycles. The van der Waals surface area contributed by atoms with Crippen molar-refractivity contribution in [3.8, 4) is 0 Å². The maximum absolute atomic E-state index is 12.8. The predicted molar refractivity (Wildman–Crippen MR) is 96.1 cm³/mol. The number of benzene rings is 1. The van der Waals surface area contributed by atoms with E-state index in [-0.39, 0.29) is 18.2 Å². The predicted octanol–water partition coefficient (Wildman–Crippen LogP) is 1.00. The van der Waals surface area contributed by atoms with Crippen molar-refractivity contribution in [1.29, 1.82) is 0 Å². The number of amides is 3. The molecule has 0 saturated heterocycles. The van der Waals surface area contributed by atoms with Gasteiger partial charge in [0.1, 0.15) is 11.6 Å². The number of hydrogen-bond acceptors (Lipinski definition) is 5. The lowest BCUT2D eigenvalue weighted by Gasteiger charge is -2.09. The van der Waals surface area contributed by atoms with Gasteiger partial charge in [-0.05, 0) is 36.8 Å². The third-order valence-electron chi connectivity index (χ3n) is 3.21. The molecule has 0 saturated carbocycles. The Morgan fingerprint density at radius 1 is 1.04 bits per heavy atom. The van der Waals surface area contributed by atoms with Crippen LogP contribution in [-0.2, 0) is 20.9 Å². The third kappa shape index (κ3) is 6.94. The van der Waals surface area contributed by atoms with Crippen LogP contribution in [0.3, 0.4) is 0 Å². The largest absolute Gasteiger partial charge is 0.348 e. The highest BCUT2D eigenvalue weighted by molar-refractivity contribution is 6.39. The average Bonchev–Trinajstić information content (AvgIpc) is 2.66. The van der Waals surface area contributed by atoms with E-state index in [1.54, 1.807) is 24.3 Å². The molecule has 1 aromatic carbocycles. The van der Waals surface area contributed by atoms with E-state index in [9.17, 15) is 18.8 Å². The summed E-state index contributed by atoms with van der Waals surface area (Å²) >= 11 is 0. The van der Waals surface area contributed by atoms with Crippen molar-refractivity contribution in [3.63, 3.8) is 0 Å². The minimum Gasteiger partial charge on any atom is -0.348 e. The van der Waals surface area contributed by atoms with Crippen molar-refractivity contribution in [2.24, 2.45) is 0 Å². The molecule has 2 rings (SSSR count). The fourth-order valence-corrected chi connectivity index (χ4v) is 1.90. The van der Waals surface area contributed by atoms with E-state index in [1.165, 1.54) is 37.4 Å². The van der Waals surface area contributed by atoms with Gasteiger partial charge in [0.2, 0.25) is 5.91 Å². The Bertz CT molecular complexity index is 838. The summed E-state index contributed by atoms with van der Waals surface area (Å²) in [5, 5.41) is 4.94. The second-order valence-electron chi connectivity index (χ2n) is 5.42. The van der Waals surface area contributed by atoms with Crippen molar-refractivity contribution in [2.75, 3.05) is 5.32 Å². The topological polar surface area (TPSA) is 112 Å². The summed E-state index contributed by atoms with van der Waals surface area (Å²) < 4.78 is 12.8. The first-order chi connectivity index (χ1) is 12.9. The van der Waals surface area contributed by atoms with Crippen LogP contribution in [0.25, 0.3) is 0 Å². The van der Waals surface area contributed by atoms with E-state index < -0.39 is 17.7 Å². The first kappa shape index (κ1) is 19.6. The van der Waals surface area contributed by atoms with Gasteiger partial charge in [0.25, 0.3) is 0 Å². The number of nitrogens with one attached hydrogen (secondary N) is 4. The minimum absolute atomic E-state index is 0.224. The van der Waals surface area contributed by atoms with Gasteiger partial charge in [-0.1, -0.05) is 18.2 Å². The highest BCUT2D eigenvalue weighted by atomic mass is 19.1. The van der Waals surface area contributed by atoms with Gasteiger partial charge in [0, 0.05) is 24.5 Å². The smallest absolute Gasteiger partial charge is 0.327 e. The Balaban J connectivity index is 1.75. The summed E-state index contributed by atoms with van der Waals surface area (Å²) in [7, 11) is 0. The fraction of sp³-hybridized carbons (Fsp3) is 0.111. The summed E-state index contributed by atoms with van der Waals surface area (Å²) in [6.45, 7) is 1.76. The highest BCUT2D eigenvalue weighted by Gasteiger charge is 2.13. The highest BCUT2D eigenvalue weighted by Crippen LogP contribution is 2.02. The number of halogens is 1. The van der Waals surface area contributed by atoms with E-state index in [0.717, 1.165) is 5.56 Å². The van der Waals surface area contributed by atoms with Crippen LogP contribution in [0.1, 0.15) is 12.5 Å². The monoisotopic (exact) mass is 371 g/mol. The van der Waals surface area contributed by atoms with Gasteiger partial charge in [0.15, 0.2) is 0 Å². The van der Waals surface area contributed by atoms with E-state index in [4.69, 9.17) is 0 Å². The van der Waals surface area contributed by atoms with Crippen LogP contribution < -0.4 is 21.5 Å². The summed E-state index contributed by atoms with van der Waals surface area (Å²) in [6, 6.07) is 10.6. The van der Waals surface area contributed by atoms with Crippen molar-refractivity contribution < 1.29 is 18.8 Å². The zero-order valence-electron chi connectivity index (χ0n) is 14.5. The second-order valence-corrected chi connectivity index (χ2v) is 5.42. The van der Waals surface area contributed by atoms with Crippen LogP contribution >= 0.6 is 0 Å². The van der Waals surface area contributed by atoms with Crippen molar-refractivity contribution in [2.45, 2.75) is 13.5 Å². The quantitative estimate of drug-likeness (QED) is 0.344. The molecule has 0 bridgehead atoms. The van der Waals surface area contributed by atoms with Gasteiger partial charge in [-0.25, -0.2) is 9.37 Å². The van der Waals surface area contributed by atoms with Gasteiger partial charge >= 0.3 is 11.8 Å². The molecular weight excluding hydrogens is 353 g/mol. The van der Waals surface area contributed by atoms with Gasteiger partial charge in [0.05, 0.1) is 0 Å². The zero-order valence-corrected chi connectivity index (χ0v) is 14.5. The summed E-state index contributed by atoms with van der Waals surface area (Å²) in [5.41, 5.74) is 5.67. The van der Waals surface area contributed by atoms with Gasteiger partial charge in [-0.15, -0.1) is 0 Å². The molecule has 27 heavy (non-hydrogen) atoms. The first-order valence-electron chi connectivity index (χ1n) is 7.93. The van der Waals surface area contributed by atoms with Crippen molar-refractivity contribution in [1.82, 2.24) is 21.2 Å². The number of hydrazine groups is 1. The molecule has 0 spiro atoms. The van der Waals surface area contributed by atoms with Crippen LogP contribution in [0, 0.1) is 5.82 Å². The molecule has 0 fully saturated rings. The van der Waals surface area contributed by atoms with Crippen LogP contribution in [-0.4, -0.2) is 22.7 Å². The minimum atomic E-state index is -0.944. The average molecular weight is 371 g/mol. The van der Waals surface area contributed by atoms with Crippen molar-refractivity contribution in [3.05, 3.63) is 71.8 Å². The van der Waals surface area contributed by atoms with Gasteiger partial charge < -0.3 is 16.1 Å². The number of carbonyl (C=O) groups is 3. The lowest BCUT2D eigenvalue weighted by Crippen LogP contribution is -2.43. The molecule has 0 aliphatic heterocycles. The SMILES string of the molecule is C/C(=C/C(=O)NCc1ccc(F)cc1)NNC(=O)C(=O)Nc1ccccn1. The lowest BCUT2D eigenvalue weighted by atomic mass is 10.2. The molecule has 0 atom stereocenters. The van der Waals surface area contributed by atoms with Crippen LogP contribution in [0.5, 0.6) is 0 Å². The number of nitrogens with zero attached hydrogens (tertiary/aromatic N) is 1. The number of hydrogen-bond donors (Lipinski definition) is 4. The Kier molecular flexibility index (Phi) is 7.00. The number of pyridine rings is 1. The van der Waals surface area contributed by atoms with E-state index in [2.05, 4.69) is 26.5 Å². The molecule has 0 unspecified atom stereocenters. The molecular formula is C18H18FN5O3. The zero-order chi connectivity index (χ0) is 19.6. The summed E-state index contributed by atoms with van der Waals surface area (Å²) in [5.74, 6) is -2.38. The Morgan fingerprint density at radius 3 is 2.44 bits per heavy atom. The molecule has 8 nitrogen and oxygen atoms in total. The molecule has 2 aromatic rings. The molecule has 0 aliphatic rings. The standard InChI is InChI=1S/C18H18FN5O3/c1-12(10-16(25)21-11-13-5-7-14(19)8-6-13)23-24-18(27)17(26)22-15-4-2-3-9-20-15/h2-10,23H,11H2,1H3,(H,21,25)(H,24,27)(H,20,22,26)/b12-10-. The normalized spacial score (nSPS) is 10.7. The molecule has 9 heteroatoms. The number of anilines is 1. The molecule has 0 radical (unpaired) electrons. The third-order valence-corrected chi connectivity index (χ3v) is 3.21. The van der Waals surface area contributed by atoms with E-state index in [0.29, 0.717) is 5.70 Å². The van der Waals surface area contributed by atoms with Gasteiger partial charge in [-0.2, -0.15) is 0 Å². The summed E-state index contributed by atoms with van der Waals surface area (Å²) in [6.07, 6.45) is 2.68. The Hall–Kier alpha value is -3.75. The van der Waals surface area contributed by atoms with Crippen molar-refractivity contribution >= 4 is 23.5 Å². The summed E-state index contributed by atoms with van der Waals surface area (Å²) in [4.78, 5) is 39.1. The van der Waals surface area contributed by atoms with E-state index in [1.807, 2.05) is 0 Å². The Labute approximate surface area is 154 Å². The second kappa shape index (κ2) is 9.66. The van der Waals surface area contributed by atoms with E-state index >= 15 is 0 Å². The van der Waals surface area contributed by atoms with Crippen LogP contribution in [0.2, 0.25) is 0 Å². The number of rotatable bonds is 6.